The van der Waals surface area contributed by atoms with Crippen LogP contribution in [0, 0.1) is 6.92 Å². The molecule has 2 aliphatic heterocycles. The second kappa shape index (κ2) is 8.56. The van der Waals surface area contributed by atoms with Gasteiger partial charge in [-0.15, -0.1) is 0 Å². The number of nitrogens with one attached hydrogen (secondary N) is 1. The fourth-order valence-corrected chi connectivity index (χ4v) is 4.10. The number of rotatable bonds is 7. The standard InChI is InChI=1S/C15H23N2O10P/c1-8-5-17(15(21)16-14(8)20)13-4-9(19)12(26-13)7-25-28(22,23)27-10-2-3-24-11(10)6-18/h5,9-13,18-19H,2-4,6-7H2,1H3,(H,22,23)(H,16,20,21)/t9-,10-,11+,12+,13+/m0/s1. The molecule has 4 N–H and O–H groups in total. The molecule has 0 saturated carbocycles. The molecular formula is C15H23N2O10P. The van der Waals surface area contributed by atoms with E-state index in [2.05, 4.69) is 4.98 Å². The van der Waals surface area contributed by atoms with Gasteiger partial charge in [0.05, 0.1) is 19.3 Å². The Hall–Kier alpha value is -1.37. The number of phosphoric acid groups is 1. The maximum atomic E-state index is 12.1. The van der Waals surface area contributed by atoms with Crippen molar-refractivity contribution in [3.8, 4) is 0 Å². The molecule has 0 aromatic carbocycles. The van der Waals surface area contributed by atoms with Gasteiger partial charge in [0.15, 0.2) is 0 Å². The first-order valence-electron chi connectivity index (χ1n) is 8.74. The van der Waals surface area contributed by atoms with Crippen molar-refractivity contribution in [2.75, 3.05) is 19.8 Å². The van der Waals surface area contributed by atoms with E-state index in [9.17, 15) is 24.2 Å². The van der Waals surface area contributed by atoms with Gasteiger partial charge in [0.2, 0.25) is 0 Å². The summed E-state index contributed by atoms with van der Waals surface area (Å²) in [6.07, 6.45) is -2.74. The third kappa shape index (κ3) is 4.78. The Morgan fingerprint density at radius 1 is 1.39 bits per heavy atom. The summed E-state index contributed by atoms with van der Waals surface area (Å²) in [5, 5.41) is 19.3. The zero-order valence-electron chi connectivity index (χ0n) is 15.1. The van der Waals surface area contributed by atoms with Crippen LogP contribution in [-0.2, 0) is 23.1 Å². The number of aliphatic hydroxyl groups excluding tert-OH is 2. The lowest BCUT2D eigenvalue weighted by Gasteiger charge is -2.22. The molecule has 1 aromatic rings. The maximum Gasteiger partial charge on any atom is 0.472 e. The van der Waals surface area contributed by atoms with Crippen LogP contribution in [-0.4, -0.2) is 68.9 Å². The fourth-order valence-electron chi connectivity index (χ4n) is 3.12. The molecule has 2 fully saturated rings. The predicted octanol–water partition coefficient (Wildman–Crippen LogP) is -1.22. The van der Waals surface area contributed by atoms with Crippen LogP contribution < -0.4 is 11.2 Å². The normalized spacial score (nSPS) is 32.5. The first-order valence-corrected chi connectivity index (χ1v) is 10.2. The van der Waals surface area contributed by atoms with Crippen molar-refractivity contribution in [3.63, 3.8) is 0 Å². The van der Waals surface area contributed by atoms with Gasteiger partial charge in [0.25, 0.3) is 5.56 Å². The molecule has 0 aliphatic carbocycles. The Balaban J connectivity index is 1.59. The number of aryl methyl sites for hydroxylation is 1. The summed E-state index contributed by atoms with van der Waals surface area (Å²) < 4.78 is 33.9. The molecule has 1 unspecified atom stereocenters. The van der Waals surface area contributed by atoms with Crippen LogP contribution in [0.3, 0.4) is 0 Å². The van der Waals surface area contributed by atoms with E-state index in [1.54, 1.807) is 0 Å². The highest BCUT2D eigenvalue weighted by atomic mass is 31.2. The molecule has 158 valence electrons. The minimum absolute atomic E-state index is 0.0268. The van der Waals surface area contributed by atoms with E-state index >= 15 is 0 Å². The quantitative estimate of drug-likeness (QED) is 0.391. The Morgan fingerprint density at radius 2 is 2.14 bits per heavy atom. The molecule has 28 heavy (non-hydrogen) atoms. The summed E-state index contributed by atoms with van der Waals surface area (Å²) in [5.41, 5.74) is -0.917. The van der Waals surface area contributed by atoms with Crippen LogP contribution in [0.15, 0.2) is 15.8 Å². The van der Waals surface area contributed by atoms with Gasteiger partial charge in [-0.1, -0.05) is 0 Å². The number of aromatic amines is 1. The highest BCUT2D eigenvalue weighted by Crippen LogP contribution is 2.47. The van der Waals surface area contributed by atoms with Gasteiger partial charge >= 0.3 is 13.5 Å². The summed E-state index contributed by atoms with van der Waals surface area (Å²) >= 11 is 0. The Kier molecular flexibility index (Phi) is 6.52. The molecule has 6 atom stereocenters. The third-order valence-electron chi connectivity index (χ3n) is 4.66. The average Bonchev–Trinajstić information content (AvgIpc) is 3.22. The second-order valence-electron chi connectivity index (χ2n) is 6.70. The maximum absolute atomic E-state index is 12.1. The molecule has 3 heterocycles. The number of hydrogen-bond acceptors (Lipinski definition) is 9. The smallest absolute Gasteiger partial charge is 0.394 e. The van der Waals surface area contributed by atoms with Crippen LogP contribution in [0.25, 0.3) is 0 Å². The predicted molar refractivity (Wildman–Crippen MR) is 92.7 cm³/mol. The van der Waals surface area contributed by atoms with E-state index in [0.717, 1.165) is 4.57 Å². The number of aromatic nitrogens is 2. The lowest BCUT2D eigenvalue weighted by molar-refractivity contribution is -0.0512. The zero-order valence-corrected chi connectivity index (χ0v) is 16.0. The summed E-state index contributed by atoms with van der Waals surface area (Å²) in [4.78, 5) is 35.4. The van der Waals surface area contributed by atoms with Crippen molar-refractivity contribution in [2.24, 2.45) is 0 Å². The molecule has 2 aliphatic rings. The van der Waals surface area contributed by atoms with Crippen molar-refractivity contribution in [1.29, 1.82) is 0 Å². The number of nitrogens with zero attached hydrogens (tertiary/aromatic N) is 1. The first kappa shape index (κ1) is 21.3. The van der Waals surface area contributed by atoms with Gasteiger partial charge in [0, 0.05) is 31.2 Å². The highest BCUT2D eigenvalue weighted by molar-refractivity contribution is 7.47. The van der Waals surface area contributed by atoms with Crippen LogP contribution in [0.2, 0.25) is 0 Å². The van der Waals surface area contributed by atoms with Gasteiger partial charge in [-0.05, 0) is 6.92 Å². The SMILES string of the molecule is Cc1cn([C@H]2C[C@H](O)[C@@H](COP(=O)(O)O[C@H]3CCO[C@@H]3CO)O2)c(=O)[nH]c1=O. The topological polar surface area (TPSA) is 170 Å². The summed E-state index contributed by atoms with van der Waals surface area (Å²) in [6.45, 7) is 0.992. The minimum Gasteiger partial charge on any atom is -0.394 e. The summed E-state index contributed by atoms with van der Waals surface area (Å²) in [7, 11) is -4.49. The number of hydrogen-bond donors (Lipinski definition) is 4. The molecule has 0 spiro atoms. The second-order valence-corrected chi connectivity index (χ2v) is 8.11. The molecular weight excluding hydrogens is 399 g/mol. The minimum atomic E-state index is -4.49. The first-order chi connectivity index (χ1) is 13.2. The molecule has 2 saturated heterocycles. The number of H-pyrrole nitrogens is 1. The summed E-state index contributed by atoms with van der Waals surface area (Å²) in [5.74, 6) is 0. The third-order valence-corrected chi connectivity index (χ3v) is 5.67. The van der Waals surface area contributed by atoms with E-state index in [1.165, 1.54) is 13.1 Å². The van der Waals surface area contributed by atoms with E-state index in [-0.39, 0.29) is 19.6 Å². The van der Waals surface area contributed by atoms with E-state index in [4.69, 9.17) is 23.6 Å². The van der Waals surface area contributed by atoms with Crippen molar-refractivity contribution >= 4 is 7.82 Å². The van der Waals surface area contributed by atoms with Gasteiger partial charge in [-0.25, -0.2) is 9.36 Å². The van der Waals surface area contributed by atoms with Gasteiger partial charge in [-0.2, -0.15) is 0 Å². The molecule has 3 rings (SSSR count). The molecule has 1 aromatic heterocycles. The van der Waals surface area contributed by atoms with Crippen molar-refractivity contribution < 1.29 is 38.2 Å². The zero-order chi connectivity index (χ0) is 20.5. The molecule has 0 radical (unpaired) electrons. The Bertz CT molecular complexity index is 854. The van der Waals surface area contributed by atoms with Gasteiger partial charge in [-0.3, -0.25) is 23.4 Å². The summed E-state index contributed by atoms with van der Waals surface area (Å²) in [6, 6.07) is 0. The van der Waals surface area contributed by atoms with Gasteiger partial charge in [0.1, 0.15) is 24.5 Å². The van der Waals surface area contributed by atoms with Crippen molar-refractivity contribution in [1.82, 2.24) is 9.55 Å². The Labute approximate surface area is 159 Å². The number of ether oxygens (including phenoxy) is 2. The van der Waals surface area contributed by atoms with Crippen LogP contribution in [0.1, 0.15) is 24.6 Å². The molecule has 13 heteroatoms. The number of phosphoric ester groups is 1. The van der Waals surface area contributed by atoms with E-state index in [1.807, 2.05) is 0 Å². The van der Waals surface area contributed by atoms with E-state index in [0.29, 0.717) is 12.0 Å². The van der Waals surface area contributed by atoms with Crippen molar-refractivity contribution in [2.45, 2.75) is 50.4 Å². The highest BCUT2D eigenvalue weighted by Gasteiger charge is 2.40. The van der Waals surface area contributed by atoms with Gasteiger partial charge < -0.3 is 24.6 Å². The molecule has 0 bridgehead atoms. The van der Waals surface area contributed by atoms with Crippen molar-refractivity contribution in [3.05, 3.63) is 32.6 Å². The van der Waals surface area contributed by atoms with Crippen LogP contribution >= 0.6 is 7.82 Å². The lowest BCUT2D eigenvalue weighted by atomic mass is 10.2. The average molecular weight is 422 g/mol. The van der Waals surface area contributed by atoms with Crippen LogP contribution in [0.4, 0.5) is 0 Å². The Morgan fingerprint density at radius 3 is 2.86 bits per heavy atom. The number of aliphatic hydroxyl groups is 2. The fraction of sp³-hybridized carbons (Fsp3) is 0.733. The molecule has 12 nitrogen and oxygen atoms in total. The molecule has 0 amide bonds. The lowest BCUT2D eigenvalue weighted by Crippen LogP contribution is -2.33. The largest absolute Gasteiger partial charge is 0.472 e. The van der Waals surface area contributed by atoms with E-state index < -0.39 is 56.3 Å². The van der Waals surface area contributed by atoms with Crippen LogP contribution in [0.5, 0.6) is 0 Å². The monoisotopic (exact) mass is 422 g/mol.